The van der Waals surface area contributed by atoms with E-state index in [-0.39, 0.29) is 11.4 Å². The van der Waals surface area contributed by atoms with Crippen LogP contribution >= 0.6 is 0 Å². The van der Waals surface area contributed by atoms with Crippen LogP contribution in [-0.2, 0) is 0 Å². The second-order valence-corrected chi connectivity index (χ2v) is 3.28. The second kappa shape index (κ2) is 5.95. The van der Waals surface area contributed by atoms with Gasteiger partial charge < -0.3 is 17.3 Å². The molecule has 0 amide bonds. The summed E-state index contributed by atoms with van der Waals surface area (Å²) in [6, 6.07) is 2.87. The van der Waals surface area contributed by atoms with Gasteiger partial charge in [-0.2, -0.15) is 0 Å². The lowest BCUT2D eigenvalue weighted by Gasteiger charge is -1.95. The number of benzene rings is 1. The molecule has 0 aliphatic heterocycles. The van der Waals surface area contributed by atoms with Gasteiger partial charge in [-0.1, -0.05) is 0 Å². The van der Waals surface area contributed by atoms with Gasteiger partial charge in [-0.05, 0) is 25.0 Å². The molecule has 0 atom stereocenters. The standard InChI is InChI=1S/C8H8N3O2.BF4/c1-5-3-7(10-9)8(11(12)13)4-6(5)2;2-1(3,4)5/h3-4H,1-2H3;/q+1;-1. The molecule has 0 saturated heterocycles. The summed E-state index contributed by atoms with van der Waals surface area (Å²) >= 11 is 0. The van der Waals surface area contributed by atoms with Crippen LogP contribution in [0.2, 0.25) is 0 Å². The molecule has 0 radical (unpaired) electrons. The highest BCUT2D eigenvalue weighted by Crippen LogP contribution is 2.30. The molecule has 0 fully saturated rings. The van der Waals surface area contributed by atoms with Gasteiger partial charge in [0.25, 0.3) is 0 Å². The van der Waals surface area contributed by atoms with E-state index in [1.54, 1.807) is 13.8 Å². The van der Waals surface area contributed by atoms with Crippen molar-refractivity contribution in [2.75, 3.05) is 0 Å². The van der Waals surface area contributed by atoms with Crippen molar-refractivity contribution in [3.63, 3.8) is 0 Å². The summed E-state index contributed by atoms with van der Waals surface area (Å²) in [6.07, 6.45) is 0. The number of halogens is 4. The molecule has 1 aromatic carbocycles. The van der Waals surface area contributed by atoms with Gasteiger partial charge in [-0.25, -0.2) is 0 Å². The topological polar surface area (TPSA) is 71.3 Å². The molecule has 0 saturated carbocycles. The summed E-state index contributed by atoms with van der Waals surface area (Å²) in [4.78, 5) is 12.8. The lowest BCUT2D eigenvalue weighted by Crippen LogP contribution is -2.02. The van der Waals surface area contributed by atoms with Crippen LogP contribution in [-0.4, -0.2) is 12.2 Å². The van der Waals surface area contributed by atoms with Crippen LogP contribution in [0.4, 0.5) is 28.6 Å². The van der Waals surface area contributed by atoms with Crippen LogP contribution in [0.25, 0.3) is 4.98 Å². The molecular formula is C8H8BF4N3O2. The Bertz CT molecular complexity index is 492. The molecule has 1 rings (SSSR count). The maximum atomic E-state index is 10.5. The minimum Gasteiger partial charge on any atom is -0.418 e. The first kappa shape index (κ1) is 15.8. The van der Waals surface area contributed by atoms with Crippen molar-refractivity contribution in [3.05, 3.63) is 38.3 Å². The SMILES string of the molecule is Cc1cc([N+]#N)c([N+](=O)[O-])cc1C.F[B-](F)(F)F. The first-order valence-electron chi connectivity index (χ1n) is 4.54. The van der Waals surface area contributed by atoms with Gasteiger partial charge in [0.2, 0.25) is 5.39 Å². The number of aryl methyl sites for hydroxylation is 2. The van der Waals surface area contributed by atoms with Crippen molar-refractivity contribution in [1.29, 1.82) is 5.39 Å². The highest BCUT2D eigenvalue weighted by molar-refractivity contribution is 6.50. The average Bonchev–Trinajstić information content (AvgIpc) is 2.18. The highest BCUT2D eigenvalue weighted by Gasteiger charge is 2.25. The summed E-state index contributed by atoms with van der Waals surface area (Å²) in [5, 5.41) is 19.0. The predicted molar refractivity (Wildman–Crippen MR) is 57.5 cm³/mol. The van der Waals surface area contributed by atoms with E-state index >= 15 is 0 Å². The molecule has 0 spiro atoms. The van der Waals surface area contributed by atoms with E-state index in [4.69, 9.17) is 5.39 Å². The molecular weight excluding hydrogens is 257 g/mol. The molecule has 0 aliphatic carbocycles. The molecule has 0 bridgehead atoms. The fraction of sp³-hybridized carbons (Fsp3) is 0.250. The van der Waals surface area contributed by atoms with Crippen LogP contribution in [0, 0.1) is 29.4 Å². The monoisotopic (exact) mass is 265 g/mol. The third kappa shape index (κ3) is 5.79. The zero-order chi connectivity index (χ0) is 14.5. The number of hydrogen-bond acceptors (Lipinski definition) is 3. The molecule has 0 heterocycles. The van der Waals surface area contributed by atoms with Crippen molar-refractivity contribution < 1.29 is 22.2 Å². The zero-order valence-electron chi connectivity index (χ0n) is 9.40. The van der Waals surface area contributed by atoms with Crippen LogP contribution in [0.3, 0.4) is 0 Å². The van der Waals surface area contributed by atoms with E-state index in [1.165, 1.54) is 12.1 Å². The Morgan fingerprint density at radius 2 is 1.61 bits per heavy atom. The Kier molecular flexibility index (Phi) is 5.23. The molecule has 10 heteroatoms. The van der Waals surface area contributed by atoms with E-state index in [9.17, 15) is 27.4 Å². The minimum atomic E-state index is -6.00. The van der Waals surface area contributed by atoms with Gasteiger partial charge >= 0.3 is 18.6 Å². The normalized spacial score (nSPS) is 10.1. The third-order valence-corrected chi connectivity index (χ3v) is 1.90. The van der Waals surface area contributed by atoms with Gasteiger partial charge in [-0.3, -0.25) is 10.1 Å². The Labute approximate surface area is 99.3 Å². The predicted octanol–water partition coefficient (Wildman–Crippen LogP) is 4.00. The molecule has 5 nitrogen and oxygen atoms in total. The quantitative estimate of drug-likeness (QED) is 0.253. The van der Waals surface area contributed by atoms with Gasteiger partial charge in [0.05, 0.1) is 4.92 Å². The van der Waals surface area contributed by atoms with Crippen LogP contribution < -0.4 is 0 Å². The van der Waals surface area contributed by atoms with Crippen molar-refractivity contribution in [2.45, 2.75) is 13.8 Å². The van der Waals surface area contributed by atoms with E-state index in [0.29, 0.717) is 0 Å². The number of hydrogen-bond donors (Lipinski definition) is 0. The lowest BCUT2D eigenvalue weighted by atomic mass is 10.1. The van der Waals surface area contributed by atoms with E-state index in [0.717, 1.165) is 11.1 Å². The molecule has 1 aromatic rings. The molecule has 0 N–H and O–H groups in total. The summed E-state index contributed by atoms with van der Waals surface area (Å²) in [7, 11) is -6.00. The molecule has 0 aromatic heterocycles. The van der Waals surface area contributed by atoms with Crippen molar-refractivity contribution in [1.82, 2.24) is 0 Å². The average molecular weight is 265 g/mol. The first-order valence-corrected chi connectivity index (χ1v) is 4.54. The molecule has 18 heavy (non-hydrogen) atoms. The van der Waals surface area contributed by atoms with Crippen LogP contribution in [0.1, 0.15) is 11.1 Å². The van der Waals surface area contributed by atoms with Crippen LogP contribution in [0.15, 0.2) is 12.1 Å². The van der Waals surface area contributed by atoms with E-state index < -0.39 is 12.2 Å². The summed E-state index contributed by atoms with van der Waals surface area (Å²) < 4.78 is 39.0. The Morgan fingerprint density at radius 3 is 1.94 bits per heavy atom. The summed E-state index contributed by atoms with van der Waals surface area (Å²) in [6.45, 7) is 3.57. The van der Waals surface area contributed by atoms with Crippen molar-refractivity contribution >= 4 is 18.6 Å². The smallest absolute Gasteiger partial charge is 0.418 e. The Morgan fingerprint density at radius 1 is 1.22 bits per heavy atom. The molecule has 98 valence electrons. The van der Waals surface area contributed by atoms with Crippen molar-refractivity contribution in [3.8, 4) is 0 Å². The lowest BCUT2D eigenvalue weighted by molar-refractivity contribution is -0.383. The minimum absolute atomic E-state index is 0.00639. The summed E-state index contributed by atoms with van der Waals surface area (Å²) in [5.74, 6) is 0. The van der Waals surface area contributed by atoms with E-state index in [1.807, 2.05) is 0 Å². The third-order valence-electron chi connectivity index (χ3n) is 1.90. The fourth-order valence-electron chi connectivity index (χ4n) is 1.01. The molecule has 0 aliphatic rings. The first-order chi connectivity index (χ1) is 8.06. The number of nitrogens with zero attached hydrogens (tertiary/aromatic N) is 3. The zero-order valence-corrected chi connectivity index (χ0v) is 9.40. The maximum Gasteiger partial charge on any atom is 0.673 e. The highest BCUT2D eigenvalue weighted by atomic mass is 19.5. The van der Waals surface area contributed by atoms with Crippen molar-refractivity contribution in [2.24, 2.45) is 0 Å². The number of nitro benzene ring substituents is 1. The Hall–Kier alpha value is -2.18. The van der Waals surface area contributed by atoms with Gasteiger partial charge in [0.1, 0.15) is 0 Å². The number of rotatable bonds is 1. The largest absolute Gasteiger partial charge is 0.673 e. The number of nitro groups is 1. The second-order valence-electron chi connectivity index (χ2n) is 3.28. The van der Waals surface area contributed by atoms with E-state index in [2.05, 4.69) is 4.98 Å². The summed E-state index contributed by atoms with van der Waals surface area (Å²) in [5.41, 5.74) is 1.48. The van der Waals surface area contributed by atoms with Gasteiger partial charge in [0.15, 0.2) is 4.98 Å². The fourth-order valence-corrected chi connectivity index (χ4v) is 1.01. The van der Waals surface area contributed by atoms with Gasteiger partial charge in [-0.15, -0.1) is 0 Å². The maximum absolute atomic E-state index is 10.5. The number of diazo groups is 1. The van der Waals surface area contributed by atoms with Crippen LogP contribution in [0.5, 0.6) is 0 Å². The molecule has 0 unspecified atom stereocenters. The Balaban J connectivity index is 0.000000494. The van der Waals surface area contributed by atoms with Gasteiger partial charge in [0, 0.05) is 12.1 Å².